The molecule has 1 heterocycles. The number of halogens is 1. The summed E-state index contributed by atoms with van der Waals surface area (Å²) in [6, 6.07) is 7.91. The van der Waals surface area contributed by atoms with Crippen LogP contribution in [0, 0.1) is 0 Å². The van der Waals surface area contributed by atoms with E-state index >= 15 is 0 Å². The van der Waals surface area contributed by atoms with E-state index in [2.05, 4.69) is 0 Å². The summed E-state index contributed by atoms with van der Waals surface area (Å²) >= 11 is 7.65. The Balaban J connectivity index is 2.74. The van der Waals surface area contributed by atoms with Crippen molar-refractivity contribution in [3.63, 3.8) is 0 Å². The Morgan fingerprint density at radius 1 is 1.38 bits per heavy atom. The zero-order chi connectivity index (χ0) is 9.42. The van der Waals surface area contributed by atoms with Crippen molar-refractivity contribution in [3.8, 4) is 0 Å². The fourth-order valence-electron chi connectivity index (χ4n) is 1.30. The summed E-state index contributed by atoms with van der Waals surface area (Å²) in [6.45, 7) is 1.73. The van der Waals surface area contributed by atoms with Gasteiger partial charge in [-0.25, -0.2) is 0 Å². The molecule has 68 valence electrons. The van der Waals surface area contributed by atoms with Crippen LogP contribution < -0.4 is 0 Å². The van der Waals surface area contributed by atoms with Crippen LogP contribution >= 0.6 is 22.9 Å². The molecule has 1 N–H and O–H groups in total. The zero-order valence-electron chi connectivity index (χ0n) is 7.12. The molecule has 0 fully saturated rings. The maximum Gasteiger partial charge on any atom is 0.0869 e. The van der Waals surface area contributed by atoms with Crippen LogP contribution in [0.2, 0.25) is 5.02 Å². The lowest BCUT2D eigenvalue weighted by Gasteiger charge is -1.98. The fourth-order valence-corrected chi connectivity index (χ4v) is 2.83. The van der Waals surface area contributed by atoms with E-state index in [1.165, 1.54) is 0 Å². The molecule has 1 aromatic carbocycles. The third-order valence-corrected chi connectivity index (χ3v) is 3.80. The van der Waals surface area contributed by atoms with Crippen molar-refractivity contribution < 1.29 is 5.11 Å². The molecular weight excluding hydrogens is 204 g/mol. The highest BCUT2D eigenvalue weighted by atomic mass is 35.5. The van der Waals surface area contributed by atoms with E-state index in [9.17, 15) is 5.11 Å². The van der Waals surface area contributed by atoms with Crippen molar-refractivity contribution in [3.05, 3.63) is 34.2 Å². The van der Waals surface area contributed by atoms with Crippen molar-refractivity contribution in [2.75, 3.05) is 0 Å². The number of fused-ring (bicyclic) bond motifs is 1. The van der Waals surface area contributed by atoms with Crippen LogP contribution in [0.3, 0.4) is 0 Å². The van der Waals surface area contributed by atoms with E-state index in [0.717, 1.165) is 15.0 Å². The molecule has 0 spiro atoms. The van der Waals surface area contributed by atoms with Crippen LogP contribution in [-0.2, 0) is 0 Å². The van der Waals surface area contributed by atoms with Crippen LogP contribution in [-0.4, -0.2) is 5.11 Å². The highest BCUT2D eigenvalue weighted by molar-refractivity contribution is 7.19. The Bertz CT molecular complexity index is 433. The molecule has 0 aliphatic rings. The lowest BCUT2D eigenvalue weighted by Crippen LogP contribution is -1.85. The molecule has 0 saturated heterocycles. The molecule has 13 heavy (non-hydrogen) atoms. The Labute approximate surface area is 85.6 Å². The predicted molar refractivity (Wildman–Crippen MR) is 57.5 cm³/mol. The maximum absolute atomic E-state index is 9.43. The lowest BCUT2D eigenvalue weighted by molar-refractivity contribution is 0.203. The second-order valence-corrected chi connectivity index (χ2v) is 4.41. The van der Waals surface area contributed by atoms with Gasteiger partial charge in [-0.1, -0.05) is 29.8 Å². The molecule has 0 aliphatic carbocycles. The quantitative estimate of drug-likeness (QED) is 0.766. The molecule has 2 rings (SSSR count). The second-order valence-electron chi connectivity index (χ2n) is 2.95. The summed E-state index contributed by atoms with van der Waals surface area (Å²) < 4.78 is 1.13. The minimum Gasteiger partial charge on any atom is -0.388 e. The second kappa shape index (κ2) is 3.29. The number of rotatable bonds is 1. The number of hydrogen-bond acceptors (Lipinski definition) is 2. The number of benzene rings is 1. The smallest absolute Gasteiger partial charge is 0.0869 e. The van der Waals surface area contributed by atoms with Crippen LogP contribution in [0.25, 0.3) is 10.1 Å². The summed E-state index contributed by atoms with van der Waals surface area (Å²) in [5, 5.41) is 11.2. The van der Waals surface area contributed by atoms with Gasteiger partial charge < -0.3 is 5.11 Å². The SMILES string of the molecule is CC(O)c1sc2ccccc2c1Cl. The van der Waals surface area contributed by atoms with E-state index in [4.69, 9.17) is 11.6 Å². The van der Waals surface area contributed by atoms with Gasteiger partial charge in [0.25, 0.3) is 0 Å². The molecule has 1 nitrogen and oxygen atoms in total. The first-order chi connectivity index (χ1) is 6.20. The molecule has 0 amide bonds. The fraction of sp³-hybridized carbons (Fsp3) is 0.200. The average molecular weight is 213 g/mol. The molecule has 0 aliphatic heterocycles. The Morgan fingerprint density at radius 3 is 2.69 bits per heavy atom. The van der Waals surface area contributed by atoms with Crippen molar-refractivity contribution in [2.45, 2.75) is 13.0 Å². The minimum atomic E-state index is -0.482. The summed E-state index contributed by atoms with van der Waals surface area (Å²) in [4.78, 5) is 0.850. The van der Waals surface area contributed by atoms with Gasteiger partial charge in [0.15, 0.2) is 0 Å². The van der Waals surface area contributed by atoms with Gasteiger partial charge in [-0.3, -0.25) is 0 Å². The summed E-state index contributed by atoms with van der Waals surface area (Å²) in [6.07, 6.45) is -0.482. The Kier molecular flexibility index (Phi) is 2.28. The van der Waals surface area contributed by atoms with Gasteiger partial charge in [0, 0.05) is 10.1 Å². The van der Waals surface area contributed by atoms with Gasteiger partial charge in [0.2, 0.25) is 0 Å². The molecule has 3 heteroatoms. The van der Waals surface area contributed by atoms with Gasteiger partial charge in [-0.15, -0.1) is 11.3 Å². The number of hydrogen-bond donors (Lipinski definition) is 1. The maximum atomic E-state index is 9.43. The monoisotopic (exact) mass is 212 g/mol. The first-order valence-corrected chi connectivity index (χ1v) is 5.24. The normalized spacial score (nSPS) is 13.5. The van der Waals surface area contributed by atoms with E-state index in [0.29, 0.717) is 5.02 Å². The van der Waals surface area contributed by atoms with Crippen LogP contribution in [0.15, 0.2) is 24.3 Å². The van der Waals surface area contributed by atoms with Gasteiger partial charge in [0.1, 0.15) is 0 Å². The Hall–Kier alpha value is -0.570. The van der Waals surface area contributed by atoms with Crippen LogP contribution in [0.1, 0.15) is 17.9 Å². The number of aliphatic hydroxyl groups excluding tert-OH is 1. The van der Waals surface area contributed by atoms with E-state index in [1.807, 2.05) is 24.3 Å². The lowest BCUT2D eigenvalue weighted by atomic mass is 10.2. The molecule has 0 radical (unpaired) electrons. The van der Waals surface area contributed by atoms with E-state index in [-0.39, 0.29) is 0 Å². The van der Waals surface area contributed by atoms with Crippen molar-refractivity contribution >= 4 is 33.0 Å². The molecular formula is C10H9ClOS. The van der Waals surface area contributed by atoms with Crippen LogP contribution in [0.4, 0.5) is 0 Å². The molecule has 1 aromatic heterocycles. The number of aliphatic hydroxyl groups is 1. The van der Waals surface area contributed by atoms with E-state index in [1.54, 1.807) is 18.3 Å². The summed E-state index contributed by atoms with van der Waals surface area (Å²) in [7, 11) is 0. The highest BCUT2D eigenvalue weighted by Gasteiger charge is 2.12. The summed E-state index contributed by atoms with van der Waals surface area (Å²) in [5.41, 5.74) is 0. The molecule has 1 unspecified atom stereocenters. The standard InChI is InChI=1S/C10H9ClOS/c1-6(12)10-9(11)7-4-2-3-5-8(7)13-10/h2-6,12H,1H3. The third-order valence-electron chi connectivity index (χ3n) is 1.94. The van der Waals surface area contributed by atoms with Crippen molar-refractivity contribution in [1.82, 2.24) is 0 Å². The van der Waals surface area contributed by atoms with Crippen molar-refractivity contribution in [2.24, 2.45) is 0 Å². The average Bonchev–Trinajstić information content (AvgIpc) is 2.45. The first kappa shape index (κ1) is 9.00. The molecule has 0 bridgehead atoms. The van der Waals surface area contributed by atoms with E-state index < -0.39 is 6.10 Å². The third kappa shape index (κ3) is 1.46. The van der Waals surface area contributed by atoms with Gasteiger partial charge in [-0.2, -0.15) is 0 Å². The highest BCUT2D eigenvalue weighted by Crippen LogP contribution is 2.38. The van der Waals surface area contributed by atoms with Gasteiger partial charge >= 0.3 is 0 Å². The van der Waals surface area contributed by atoms with Gasteiger partial charge in [-0.05, 0) is 13.0 Å². The summed E-state index contributed by atoms with van der Waals surface area (Å²) in [5.74, 6) is 0. The van der Waals surface area contributed by atoms with Crippen LogP contribution in [0.5, 0.6) is 0 Å². The number of thiophene rings is 1. The first-order valence-electron chi connectivity index (χ1n) is 4.05. The molecule has 2 aromatic rings. The minimum absolute atomic E-state index is 0.482. The van der Waals surface area contributed by atoms with Gasteiger partial charge in [0.05, 0.1) is 16.0 Å². The van der Waals surface area contributed by atoms with Crippen molar-refractivity contribution in [1.29, 1.82) is 0 Å². The molecule has 1 atom stereocenters. The Morgan fingerprint density at radius 2 is 2.08 bits per heavy atom. The topological polar surface area (TPSA) is 20.2 Å². The zero-order valence-corrected chi connectivity index (χ0v) is 8.69. The predicted octanol–water partition coefficient (Wildman–Crippen LogP) is 3.61. The molecule has 0 saturated carbocycles. The largest absolute Gasteiger partial charge is 0.388 e.